The minimum absolute atomic E-state index is 0.230. The smallest absolute Gasteiger partial charge is 0.0634 e. The lowest BCUT2D eigenvalue weighted by Gasteiger charge is -2.31. The molecule has 0 spiro atoms. The normalized spacial score (nSPS) is 45.0. The molecule has 9 heavy (non-hydrogen) atoms. The van der Waals surface area contributed by atoms with Crippen molar-refractivity contribution in [3.8, 4) is 0 Å². The van der Waals surface area contributed by atoms with Crippen LogP contribution < -0.4 is 5.73 Å². The van der Waals surface area contributed by atoms with Gasteiger partial charge in [-0.15, -0.1) is 0 Å². The second-order valence-corrected chi connectivity index (χ2v) is 3.35. The van der Waals surface area contributed by atoms with Crippen LogP contribution in [0.1, 0.15) is 32.6 Å². The first kappa shape index (κ1) is 7.03. The van der Waals surface area contributed by atoms with E-state index in [0.29, 0.717) is 0 Å². The van der Waals surface area contributed by atoms with Crippen molar-refractivity contribution in [2.24, 2.45) is 5.73 Å². The maximum atomic E-state index is 9.46. The zero-order valence-corrected chi connectivity index (χ0v) is 5.93. The van der Waals surface area contributed by atoms with Crippen LogP contribution in [-0.4, -0.2) is 16.7 Å². The van der Waals surface area contributed by atoms with Gasteiger partial charge < -0.3 is 10.8 Å². The van der Waals surface area contributed by atoms with Gasteiger partial charge in [-0.05, 0) is 32.6 Å². The minimum atomic E-state index is -0.475. The molecule has 1 saturated carbocycles. The summed E-state index contributed by atoms with van der Waals surface area (Å²) in [5.74, 6) is 0. The highest BCUT2D eigenvalue weighted by molar-refractivity contribution is 4.83. The molecule has 54 valence electrons. The Labute approximate surface area is 56.1 Å². The second kappa shape index (κ2) is 2.27. The fraction of sp³-hybridized carbons (Fsp3) is 1.00. The molecule has 0 aromatic rings. The Morgan fingerprint density at radius 1 is 1.67 bits per heavy atom. The molecule has 1 rings (SSSR count). The highest BCUT2D eigenvalue weighted by Crippen LogP contribution is 2.26. The molecule has 2 heteroatoms. The molecule has 0 amide bonds. The van der Waals surface area contributed by atoms with E-state index in [1.807, 2.05) is 6.92 Å². The SMILES string of the molecule is C[C@]1(O)CCCC(N)C1. The molecular formula is C7H15NO. The number of rotatable bonds is 0. The first-order valence-corrected chi connectivity index (χ1v) is 3.58. The van der Waals surface area contributed by atoms with E-state index in [4.69, 9.17) is 5.73 Å². The van der Waals surface area contributed by atoms with E-state index in [9.17, 15) is 5.11 Å². The highest BCUT2D eigenvalue weighted by atomic mass is 16.3. The number of aliphatic hydroxyl groups is 1. The van der Waals surface area contributed by atoms with Crippen LogP contribution in [0.15, 0.2) is 0 Å². The van der Waals surface area contributed by atoms with Crippen LogP contribution in [-0.2, 0) is 0 Å². The lowest BCUT2D eigenvalue weighted by atomic mass is 9.84. The monoisotopic (exact) mass is 129 g/mol. The maximum absolute atomic E-state index is 9.46. The highest BCUT2D eigenvalue weighted by Gasteiger charge is 2.27. The molecule has 0 aliphatic heterocycles. The van der Waals surface area contributed by atoms with Crippen molar-refractivity contribution >= 4 is 0 Å². The molecule has 0 heterocycles. The zero-order chi connectivity index (χ0) is 6.91. The third-order valence-electron chi connectivity index (χ3n) is 1.99. The summed E-state index contributed by atoms with van der Waals surface area (Å²) < 4.78 is 0. The van der Waals surface area contributed by atoms with Crippen LogP contribution in [0, 0.1) is 0 Å². The van der Waals surface area contributed by atoms with Gasteiger partial charge in [-0.2, -0.15) is 0 Å². The minimum Gasteiger partial charge on any atom is -0.390 e. The third-order valence-corrected chi connectivity index (χ3v) is 1.99. The molecule has 0 bridgehead atoms. The van der Waals surface area contributed by atoms with Crippen molar-refractivity contribution in [1.29, 1.82) is 0 Å². The van der Waals surface area contributed by atoms with Crippen LogP contribution in [0.5, 0.6) is 0 Å². The Balaban J connectivity index is 2.41. The van der Waals surface area contributed by atoms with Crippen LogP contribution in [0.25, 0.3) is 0 Å². The molecule has 0 aromatic heterocycles. The van der Waals surface area contributed by atoms with E-state index in [0.717, 1.165) is 25.7 Å². The summed E-state index contributed by atoms with van der Waals surface area (Å²) in [5, 5.41) is 9.46. The Kier molecular flexibility index (Phi) is 1.78. The van der Waals surface area contributed by atoms with Crippen molar-refractivity contribution in [1.82, 2.24) is 0 Å². The third kappa shape index (κ3) is 1.95. The fourth-order valence-corrected chi connectivity index (χ4v) is 1.51. The molecule has 1 unspecified atom stereocenters. The largest absolute Gasteiger partial charge is 0.390 e. The lowest BCUT2D eigenvalue weighted by molar-refractivity contribution is 0.0156. The topological polar surface area (TPSA) is 46.2 Å². The van der Waals surface area contributed by atoms with Crippen LogP contribution in [0.2, 0.25) is 0 Å². The van der Waals surface area contributed by atoms with Gasteiger partial charge in [0.25, 0.3) is 0 Å². The van der Waals surface area contributed by atoms with Gasteiger partial charge in [-0.1, -0.05) is 0 Å². The zero-order valence-electron chi connectivity index (χ0n) is 5.93. The van der Waals surface area contributed by atoms with Crippen LogP contribution in [0.3, 0.4) is 0 Å². The lowest BCUT2D eigenvalue weighted by Crippen LogP contribution is -2.38. The summed E-state index contributed by atoms with van der Waals surface area (Å²) in [7, 11) is 0. The summed E-state index contributed by atoms with van der Waals surface area (Å²) in [6.45, 7) is 1.87. The van der Waals surface area contributed by atoms with Gasteiger partial charge in [0, 0.05) is 6.04 Å². The van der Waals surface area contributed by atoms with Crippen molar-refractivity contribution in [3.05, 3.63) is 0 Å². The maximum Gasteiger partial charge on any atom is 0.0634 e. The van der Waals surface area contributed by atoms with E-state index in [1.54, 1.807) is 0 Å². The molecule has 1 fully saturated rings. The second-order valence-electron chi connectivity index (χ2n) is 3.35. The van der Waals surface area contributed by atoms with Crippen molar-refractivity contribution in [3.63, 3.8) is 0 Å². The van der Waals surface area contributed by atoms with Crippen molar-refractivity contribution in [2.75, 3.05) is 0 Å². The van der Waals surface area contributed by atoms with Gasteiger partial charge in [-0.25, -0.2) is 0 Å². The standard InChI is InChI=1S/C7H15NO/c1-7(9)4-2-3-6(8)5-7/h6,9H,2-5,8H2,1H3/t6?,7-/m0/s1. The predicted molar refractivity (Wildman–Crippen MR) is 37.1 cm³/mol. The Bertz CT molecular complexity index is 101. The van der Waals surface area contributed by atoms with E-state index < -0.39 is 5.60 Å². The summed E-state index contributed by atoms with van der Waals surface area (Å²) in [6.07, 6.45) is 3.85. The van der Waals surface area contributed by atoms with Crippen molar-refractivity contribution < 1.29 is 5.11 Å². The molecule has 3 N–H and O–H groups in total. The molecule has 1 aliphatic rings. The first-order chi connectivity index (χ1) is 4.10. The molecule has 2 nitrogen and oxygen atoms in total. The van der Waals surface area contributed by atoms with Crippen molar-refractivity contribution in [2.45, 2.75) is 44.2 Å². The summed E-state index contributed by atoms with van der Waals surface area (Å²) in [5.41, 5.74) is 5.18. The van der Waals surface area contributed by atoms with Gasteiger partial charge in [0.15, 0.2) is 0 Å². The summed E-state index contributed by atoms with van der Waals surface area (Å²) in [6, 6.07) is 0.230. The molecule has 1 aliphatic carbocycles. The Morgan fingerprint density at radius 2 is 2.33 bits per heavy atom. The number of nitrogens with two attached hydrogens (primary N) is 1. The van der Waals surface area contributed by atoms with E-state index in [2.05, 4.69) is 0 Å². The van der Waals surface area contributed by atoms with Gasteiger partial charge in [0.2, 0.25) is 0 Å². The quantitative estimate of drug-likeness (QED) is 0.504. The average Bonchev–Trinajstić information content (AvgIpc) is 1.60. The van der Waals surface area contributed by atoms with Gasteiger partial charge in [0.05, 0.1) is 5.60 Å². The molecule has 2 atom stereocenters. The van der Waals surface area contributed by atoms with E-state index in [1.165, 1.54) is 0 Å². The van der Waals surface area contributed by atoms with Gasteiger partial charge in [0.1, 0.15) is 0 Å². The molecule has 0 aromatic carbocycles. The average molecular weight is 129 g/mol. The van der Waals surface area contributed by atoms with E-state index in [-0.39, 0.29) is 6.04 Å². The fourth-order valence-electron chi connectivity index (χ4n) is 1.51. The number of hydrogen-bond acceptors (Lipinski definition) is 2. The summed E-state index contributed by atoms with van der Waals surface area (Å²) >= 11 is 0. The van der Waals surface area contributed by atoms with Gasteiger partial charge in [-0.3, -0.25) is 0 Å². The first-order valence-electron chi connectivity index (χ1n) is 3.58. The number of hydrogen-bond donors (Lipinski definition) is 2. The Morgan fingerprint density at radius 3 is 2.67 bits per heavy atom. The van der Waals surface area contributed by atoms with Gasteiger partial charge >= 0.3 is 0 Å². The Hall–Kier alpha value is -0.0800. The summed E-state index contributed by atoms with van der Waals surface area (Å²) in [4.78, 5) is 0. The predicted octanol–water partition coefficient (Wildman–Crippen LogP) is 0.639. The molecular weight excluding hydrogens is 114 g/mol. The molecule has 0 radical (unpaired) electrons. The van der Waals surface area contributed by atoms with Crippen LogP contribution in [0.4, 0.5) is 0 Å². The molecule has 0 saturated heterocycles. The van der Waals surface area contributed by atoms with Crippen LogP contribution >= 0.6 is 0 Å². The van der Waals surface area contributed by atoms with E-state index >= 15 is 0 Å².